The van der Waals surface area contributed by atoms with E-state index in [1.54, 1.807) is 20.3 Å². The van der Waals surface area contributed by atoms with Crippen LogP contribution in [0.5, 0.6) is 11.5 Å². The molecule has 0 amide bonds. The maximum absolute atomic E-state index is 13.6. The van der Waals surface area contributed by atoms with Crippen molar-refractivity contribution < 1.29 is 18.3 Å². The Balaban J connectivity index is 1.88. The van der Waals surface area contributed by atoms with Crippen LogP contribution in [-0.4, -0.2) is 43.2 Å². The van der Waals surface area contributed by atoms with Crippen LogP contribution < -0.4 is 14.4 Å². The molecule has 0 unspecified atom stereocenters. The van der Waals surface area contributed by atoms with E-state index in [1.807, 2.05) is 41.3 Å². The molecule has 3 aromatic rings. The van der Waals surface area contributed by atoms with Crippen molar-refractivity contribution in [3.05, 3.63) is 42.5 Å². The van der Waals surface area contributed by atoms with Gasteiger partial charge in [-0.15, -0.1) is 0 Å². The average Bonchev–Trinajstić information content (AvgIpc) is 2.72. The van der Waals surface area contributed by atoms with Crippen LogP contribution >= 0.6 is 0 Å². The number of aromatic nitrogens is 2. The molecule has 1 aliphatic rings. The molecule has 28 heavy (non-hydrogen) atoms. The van der Waals surface area contributed by atoms with E-state index in [-0.39, 0.29) is 25.9 Å². The van der Waals surface area contributed by atoms with Crippen molar-refractivity contribution >= 4 is 16.9 Å². The van der Waals surface area contributed by atoms with Gasteiger partial charge in [0.1, 0.15) is 0 Å². The molecule has 4 rings (SSSR count). The van der Waals surface area contributed by atoms with Gasteiger partial charge < -0.3 is 14.4 Å². The first-order valence-corrected chi connectivity index (χ1v) is 9.13. The van der Waals surface area contributed by atoms with Crippen molar-refractivity contribution in [1.29, 1.82) is 0 Å². The van der Waals surface area contributed by atoms with Crippen LogP contribution in [0.25, 0.3) is 22.2 Å². The fourth-order valence-corrected chi connectivity index (χ4v) is 3.43. The first kappa shape index (κ1) is 18.4. The number of halogens is 2. The lowest BCUT2D eigenvalue weighted by molar-refractivity contribution is -0.0222. The largest absolute Gasteiger partial charge is 0.493 e. The second-order valence-corrected chi connectivity index (χ2v) is 6.81. The van der Waals surface area contributed by atoms with Crippen LogP contribution in [0.3, 0.4) is 0 Å². The summed E-state index contributed by atoms with van der Waals surface area (Å²) in [4.78, 5) is 11.2. The lowest BCUT2D eigenvalue weighted by Crippen LogP contribution is -2.40. The first-order chi connectivity index (χ1) is 13.5. The van der Waals surface area contributed by atoms with Gasteiger partial charge in [0.25, 0.3) is 5.92 Å². The zero-order valence-corrected chi connectivity index (χ0v) is 15.8. The van der Waals surface area contributed by atoms with Crippen LogP contribution in [0.2, 0.25) is 0 Å². The molecular weight excluding hydrogens is 364 g/mol. The van der Waals surface area contributed by atoms with Gasteiger partial charge in [0, 0.05) is 42.9 Å². The lowest BCUT2D eigenvalue weighted by atomic mass is 10.1. The van der Waals surface area contributed by atoms with Gasteiger partial charge in [-0.2, -0.15) is 0 Å². The van der Waals surface area contributed by atoms with Crippen LogP contribution in [-0.2, 0) is 0 Å². The van der Waals surface area contributed by atoms with Gasteiger partial charge in [-0.05, 0) is 6.07 Å². The Morgan fingerprint density at radius 2 is 1.57 bits per heavy atom. The van der Waals surface area contributed by atoms with E-state index in [0.717, 1.165) is 16.6 Å². The monoisotopic (exact) mass is 385 g/mol. The first-order valence-electron chi connectivity index (χ1n) is 9.13. The molecule has 0 aliphatic carbocycles. The summed E-state index contributed by atoms with van der Waals surface area (Å²) < 4.78 is 38.0. The number of fused-ring (bicyclic) bond motifs is 1. The molecule has 1 aromatic heterocycles. The number of benzene rings is 2. The molecular formula is C21H21F2N3O2. The van der Waals surface area contributed by atoms with Crippen molar-refractivity contribution in [3.63, 3.8) is 0 Å². The van der Waals surface area contributed by atoms with Crippen molar-refractivity contribution in [2.45, 2.75) is 18.8 Å². The Morgan fingerprint density at radius 3 is 2.21 bits per heavy atom. The molecule has 1 aliphatic heterocycles. The van der Waals surface area contributed by atoms with Crippen LogP contribution in [0.4, 0.5) is 14.7 Å². The van der Waals surface area contributed by atoms with Crippen LogP contribution in [0.15, 0.2) is 42.5 Å². The Morgan fingerprint density at radius 1 is 0.929 bits per heavy atom. The average molecular weight is 385 g/mol. The number of rotatable bonds is 4. The molecule has 5 nitrogen and oxygen atoms in total. The summed E-state index contributed by atoms with van der Waals surface area (Å²) in [6.45, 7) is 0.444. The number of alkyl halides is 2. The third-order valence-electron chi connectivity index (χ3n) is 5.01. The molecule has 0 radical (unpaired) electrons. The molecule has 0 saturated carbocycles. The molecule has 1 saturated heterocycles. The minimum absolute atomic E-state index is 0.193. The van der Waals surface area contributed by atoms with Gasteiger partial charge in [0.05, 0.1) is 25.4 Å². The van der Waals surface area contributed by atoms with E-state index in [1.165, 1.54) is 0 Å². The van der Waals surface area contributed by atoms with Crippen LogP contribution in [0.1, 0.15) is 12.8 Å². The van der Waals surface area contributed by atoms with Crippen molar-refractivity contribution in [3.8, 4) is 22.8 Å². The fourth-order valence-electron chi connectivity index (χ4n) is 3.43. The molecule has 2 heterocycles. The normalized spacial score (nSPS) is 16.2. The number of anilines is 1. The number of piperidine rings is 1. The predicted octanol–water partition coefficient (Wildman–Crippen LogP) is 4.55. The summed E-state index contributed by atoms with van der Waals surface area (Å²) in [5.74, 6) is -1.02. The van der Waals surface area contributed by atoms with Gasteiger partial charge in [-0.25, -0.2) is 18.7 Å². The number of nitrogens with zero attached hydrogens (tertiary/aromatic N) is 3. The van der Waals surface area contributed by atoms with E-state index in [4.69, 9.17) is 14.5 Å². The molecule has 0 atom stereocenters. The summed E-state index contributed by atoms with van der Waals surface area (Å²) in [7, 11) is 3.14. The number of hydrogen-bond acceptors (Lipinski definition) is 5. The maximum Gasteiger partial charge on any atom is 0.251 e. The topological polar surface area (TPSA) is 47.5 Å². The van der Waals surface area contributed by atoms with Crippen molar-refractivity contribution in [2.75, 3.05) is 32.2 Å². The summed E-state index contributed by atoms with van der Waals surface area (Å²) in [6, 6.07) is 13.4. The van der Waals surface area contributed by atoms with Crippen molar-refractivity contribution in [2.24, 2.45) is 0 Å². The van der Waals surface area contributed by atoms with Crippen LogP contribution in [0, 0.1) is 0 Å². The summed E-state index contributed by atoms with van der Waals surface area (Å²) in [5, 5.41) is 0.815. The summed E-state index contributed by atoms with van der Waals surface area (Å²) >= 11 is 0. The third-order valence-corrected chi connectivity index (χ3v) is 5.01. The van der Waals surface area contributed by atoms with Gasteiger partial charge in [-0.3, -0.25) is 0 Å². The third kappa shape index (κ3) is 3.44. The van der Waals surface area contributed by atoms with Gasteiger partial charge in [-0.1, -0.05) is 30.3 Å². The highest BCUT2D eigenvalue weighted by atomic mass is 19.3. The second-order valence-electron chi connectivity index (χ2n) is 6.81. The van der Waals surface area contributed by atoms with Gasteiger partial charge in [0.15, 0.2) is 11.5 Å². The van der Waals surface area contributed by atoms with E-state index in [9.17, 15) is 8.78 Å². The molecule has 7 heteroatoms. The molecule has 0 N–H and O–H groups in total. The van der Waals surface area contributed by atoms with E-state index in [2.05, 4.69) is 4.98 Å². The Hall–Kier alpha value is -2.96. The zero-order valence-electron chi connectivity index (χ0n) is 15.8. The Kier molecular flexibility index (Phi) is 4.75. The molecule has 1 fully saturated rings. The molecule has 2 aromatic carbocycles. The molecule has 146 valence electrons. The number of hydrogen-bond donors (Lipinski definition) is 0. The molecule has 0 spiro atoms. The Bertz CT molecular complexity index is 986. The number of ether oxygens (including phenoxy) is 2. The van der Waals surface area contributed by atoms with E-state index < -0.39 is 5.92 Å². The lowest BCUT2D eigenvalue weighted by Gasteiger charge is -2.32. The van der Waals surface area contributed by atoms with E-state index >= 15 is 0 Å². The quantitative estimate of drug-likeness (QED) is 0.659. The maximum atomic E-state index is 13.6. The Labute approximate surface area is 161 Å². The standard InChI is InChI=1S/C21H21F2N3O2/c1-27-17-12-15-16(13-18(17)28-2)24-20(26-10-8-21(22,23)9-11-26)25-19(15)14-6-4-3-5-7-14/h3-7,12-13H,8-11H2,1-2H3. The highest BCUT2D eigenvalue weighted by Gasteiger charge is 2.35. The smallest absolute Gasteiger partial charge is 0.251 e. The minimum atomic E-state index is -2.62. The van der Waals surface area contributed by atoms with Gasteiger partial charge >= 0.3 is 0 Å². The highest BCUT2D eigenvalue weighted by Crippen LogP contribution is 2.37. The molecule has 0 bridgehead atoms. The second kappa shape index (κ2) is 7.22. The fraction of sp³-hybridized carbons (Fsp3) is 0.333. The van der Waals surface area contributed by atoms with E-state index in [0.29, 0.717) is 23.0 Å². The summed E-state index contributed by atoms with van der Waals surface area (Å²) in [5.41, 5.74) is 2.34. The van der Waals surface area contributed by atoms with Gasteiger partial charge in [0.2, 0.25) is 5.95 Å². The highest BCUT2D eigenvalue weighted by molar-refractivity contribution is 5.95. The van der Waals surface area contributed by atoms with Crippen molar-refractivity contribution in [1.82, 2.24) is 9.97 Å². The zero-order chi connectivity index (χ0) is 19.7. The minimum Gasteiger partial charge on any atom is -0.493 e. The SMILES string of the molecule is COc1cc2nc(N3CCC(F)(F)CC3)nc(-c3ccccc3)c2cc1OC. The summed E-state index contributed by atoms with van der Waals surface area (Å²) in [6.07, 6.45) is -0.387. The predicted molar refractivity (Wildman–Crippen MR) is 104 cm³/mol. The number of methoxy groups -OCH3 is 2.